The van der Waals surface area contributed by atoms with Crippen LogP contribution in [-0.2, 0) is 16.6 Å². The summed E-state index contributed by atoms with van der Waals surface area (Å²) in [4.78, 5) is 1.45. The second-order valence-corrected chi connectivity index (χ2v) is 8.51. The first-order chi connectivity index (χ1) is 11.9. The van der Waals surface area contributed by atoms with Crippen LogP contribution in [0.2, 0.25) is 5.02 Å². The highest BCUT2D eigenvalue weighted by Gasteiger charge is 2.27. The molecule has 0 unspecified atom stereocenters. The van der Waals surface area contributed by atoms with Gasteiger partial charge in [0.2, 0.25) is 10.0 Å². The van der Waals surface area contributed by atoms with Crippen LogP contribution in [0.15, 0.2) is 53.4 Å². The van der Waals surface area contributed by atoms with E-state index in [4.69, 9.17) is 11.6 Å². The lowest BCUT2D eigenvalue weighted by atomic mass is 10.1. The molecule has 2 aromatic rings. The Balaban J connectivity index is 1.57. The molecule has 7 heteroatoms. The predicted molar refractivity (Wildman–Crippen MR) is 95.6 cm³/mol. The molecule has 3 rings (SSSR count). The van der Waals surface area contributed by atoms with Gasteiger partial charge in [0.25, 0.3) is 0 Å². The molecule has 0 atom stereocenters. The van der Waals surface area contributed by atoms with Gasteiger partial charge in [0.1, 0.15) is 12.4 Å². The SMILES string of the molecule is O=S(=O)(NC1CC[NH+](Cc2ccccc2)CC1)c1ccc(F)c(Cl)c1. The number of benzene rings is 2. The molecule has 0 aromatic heterocycles. The summed E-state index contributed by atoms with van der Waals surface area (Å²) in [6.45, 7) is 2.77. The number of rotatable bonds is 5. The van der Waals surface area contributed by atoms with Crippen LogP contribution < -0.4 is 9.62 Å². The highest BCUT2D eigenvalue weighted by molar-refractivity contribution is 7.89. The van der Waals surface area contributed by atoms with Crippen molar-refractivity contribution in [2.24, 2.45) is 0 Å². The van der Waals surface area contributed by atoms with E-state index in [0.717, 1.165) is 44.6 Å². The summed E-state index contributed by atoms with van der Waals surface area (Å²) in [5, 5.41) is -0.190. The van der Waals surface area contributed by atoms with E-state index >= 15 is 0 Å². The molecule has 2 N–H and O–H groups in total. The fraction of sp³-hybridized carbons (Fsp3) is 0.333. The van der Waals surface area contributed by atoms with Crippen LogP contribution in [0.25, 0.3) is 0 Å². The summed E-state index contributed by atoms with van der Waals surface area (Å²) in [5.41, 5.74) is 1.29. The third kappa shape index (κ3) is 4.79. The van der Waals surface area contributed by atoms with Crippen LogP contribution >= 0.6 is 11.6 Å². The third-order valence-electron chi connectivity index (χ3n) is 4.51. The van der Waals surface area contributed by atoms with E-state index in [1.165, 1.54) is 16.5 Å². The predicted octanol–water partition coefficient (Wildman–Crippen LogP) is 2.00. The van der Waals surface area contributed by atoms with Crippen LogP contribution in [0.3, 0.4) is 0 Å². The molecule has 1 fully saturated rings. The van der Waals surface area contributed by atoms with E-state index in [0.29, 0.717) is 0 Å². The Labute approximate surface area is 152 Å². The molecule has 1 heterocycles. The molecule has 1 saturated heterocycles. The van der Waals surface area contributed by atoms with E-state index in [9.17, 15) is 12.8 Å². The van der Waals surface area contributed by atoms with Gasteiger partial charge in [-0.05, 0) is 18.2 Å². The summed E-state index contributed by atoms with van der Waals surface area (Å²) >= 11 is 5.69. The molecule has 0 amide bonds. The molecule has 1 aliphatic heterocycles. The summed E-state index contributed by atoms with van der Waals surface area (Å²) in [6.07, 6.45) is 1.55. The van der Waals surface area contributed by atoms with Crippen molar-refractivity contribution in [3.63, 3.8) is 0 Å². The average Bonchev–Trinajstić information content (AvgIpc) is 2.60. The number of sulfonamides is 1. The van der Waals surface area contributed by atoms with E-state index < -0.39 is 15.8 Å². The normalized spacial score (nSPS) is 21.2. The molecular formula is C18H21ClFN2O2S+. The van der Waals surface area contributed by atoms with Gasteiger partial charge < -0.3 is 4.90 Å². The van der Waals surface area contributed by atoms with Gasteiger partial charge in [-0.2, -0.15) is 0 Å². The fourth-order valence-corrected chi connectivity index (χ4v) is 4.71. The first-order valence-corrected chi connectivity index (χ1v) is 10.1. The molecule has 0 bridgehead atoms. The molecule has 0 aliphatic carbocycles. The Morgan fingerprint density at radius 2 is 1.80 bits per heavy atom. The molecule has 0 saturated carbocycles. The minimum atomic E-state index is -3.69. The highest BCUT2D eigenvalue weighted by Crippen LogP contribution is 2.20. The van der Waals surface area contributed by atoms with E-state index in [1.54, 1.807) is 0 Å². The van der Waals surface area contributed by atoms with Gasteiger partial charge in [0.15, 0.2) is 0 Å². The monoisotopic (exact) mass is 383 g/mol. The topological polar surface area (TPSA) is 50.6 Å². The van der Waals surface area contributed by atoms with E-state index in [-0.39, 0.29) is 16.0 Å². The molecule has 25 heavy (non-hydrogen) atoms. The molecule has 0 spiro atoms. The number of hydrogen-bond acceptors (Lipinski definition) is 2. The maximum absolute atomic E-state index is 13.2. The van der Waals surface area contributed by atoms with Crippen molar-refractivity contribution >= 4 is 21.6 Å². The summed E-state index contributed by atoms with van der Waals surface area (Å²) in [7, 11) is -3.69. The van der Waals surface area contributed by atoms with Gasteiger partial charge in [0.05, 0.1) is 23.0 Å². The van der Waals surface area contributed by atoms with Crippen molar-refractivity contribution in [1.29, 1.82) is 0 Å². The second kappa shape index (κ2) is 7.83. The number of hydrogen-bond donors (Lipinski definition) is 2. The molecular weight excluding hydrogens is 363 g/mol. The number of quaternary nitrogens is 1. The van der Waals surface area contributed by atoms with Gasteiger partial charge in [-0.1, -0.05) is 41.9 Å². The van der Waals surface area contributed by atoms with Crippen LogP contribution in [0.5, 0.6) is 0 Å². The van der Waals surface area contributed by atoms with Crippen molar-refractivity contribution in [2.45, 2.75) is 30.3 Å². The molecule has 2 aromatic carbocycles. The Morgan fingerprint density at radius 3 is 2.44 bits per heavy atom. The van der Waals surface area contributed by atoms with Crippen LogP contribution in [-0.4, -0.2) is 27.5 Å². The average molecular weight is 384 g/mol. The minimum Gasteiger partial charge on any atom is -0.331 e. The first-order valence-electron chi connectivity index (χ1n) is 8.29. The zero-order chi connectivity index (χ0) is 17.9. The lowest BCUT2D eigenvalue weighted by Crippen LogP contribution is -3.12. The minimum absolute atomic E-state index is 0.00189. The standard InChI is InChI=1S/C18H20ClFN2O2S/c19-17-12-16(6-7-18(17)20)25(23,24)21-15-8-10-22(11-9-15)13-14-4-2-1-3-5-14/h1-7,12,15,21H,8-11,13H2/p+1. The van der Waals surface area contributed by atoms with Crippen molar-refractivity contribution in [3.8, 4) is 0 Å². The third-order valence-corrected chi connectivity index (χ3v) is 6.32. The van der Waals surface area contributed by atoms with Crippen molar-refractivity contribution in [3.05, 3.63) is 64.9 Å². The largest absolute Gasteiger partial charge is 0.331 e. The Morgan fingerprint density at radius 1 is 1.12 bits per heavy atom. The van der Waals surface area contributed by atoms with Crippen LogP contribution in [0.4, 0.5) is 4.39 Å². The van der Waals surface area contributed by atoms with Crippen LogP contribution in [0, 0.1) is 5.82 Å². The Hall–Kier alpha value is -1.47. The number of piperidine rings is 1. The summed E-state index contributed by atoms with van der Waals surface area (Å²) in [6, 6.07) is 13.6. The van der Waals surface area contributed by atoms with Gasteiger partial charge >= 0.3 is 0 Å². The molecule has 134 valence electrons. The molecule has 4 nitrogen and oxygen atoms in total. The lowest BCUT2D eigenvalue weighted by Gasteiger charge is -2.29. The smallest absolute Gasteiger partial charge is 0.240 e. The molecule has 0 radical (unpaired) electrons. The first kappa shape index (κ1) is 18.3. The van der Waals surface area contributed by atoms with Crippen molar-refractivity contribution in [2.75, 3.05) is 13.1 Å². The summed E-state index contributed by atoms with van der Waals surface area (Å²) in [5.74, 6) is -0.626. The molecule has 1 aliphatic rings. The van der Waals surface area contributed by atoms with E-state index in [1.807, 2.05) is 18.2 Å². The van der Waals surface area contributed by atoms with Crippen molar-refractivity contribution in [1.82, 2.24) is 4.72 Å². The summed E-state index contributed by atoms with van der Waals surface area (Å²) < 4.78 is 40.8. The number of halogens is 2. The van der Waals surface area contributed by atoms with Gasteiger partial charge in [-0.15, -0.1) is 0 Å². The zero-order valence-electron chi connectivity index (χ0n) is 13.7. The maximum Gasteiger partial charge on any atom is 0.240 e. The zero-order valence-corrected chi connectivity index (χ0v) is 15.3. The number of likely N-dealkylation sites (tertiary alicyclic amines) is 1. The van der Waals surface area contributed by atoms with Gasteiger partial charge in [-0.25, -0.2) is 17.5 Å². The fourth-order valence-electron chi connectivity index (χ4n) is 3.14. The Kier molecular flexibility index (Phi) is 5.74. The van der Waals surface area contributed by atoms with E-state index in [2.05, 4.69) is 16.9 Å². The van der Waals surface area contributed by atoms with Crippen LogP contribution in [0.1, 0.15) is 18.4 Å². The lowest BCUT2D eigenvalue weighted by molar-refractivity contribution is -0.918. The maximum atomic E-state index is 13.2. The number of nitrogens with one attached hydrogen (secondary N) is 2. The second-order valence-electron chi connectivity index (χ2n) is 6.38. The quantitative estimate of drug-likeness (QED) is 0.829. The highest BCUT2D eigenvalue weighted by atomic mass is 35.5. The van der Waals surface area contributed by atoms with Crippen molar-refractivity contribution < 1.29 is 17.7 Å². The van der Waals surface area contributed by atoms with Gasteiger partial charge in [0, 0.05) is 24.4 Å². The Bertz CT molecular complexity index is 822. The van der Waals surface area contributed by atoms with Gasteiger partial charge in [-0.3, -0.25) is 0 Å².